The van der Waals surface area contributed by atoms with E-state index in [0.29, 0.717) is 5.69 Å². The van der Waals surface area contributed by atoms with E-state index in [0.717, 1.165) is 0 Å². The highest BCUT2D eigenvalue weighted by atomic mass is 16.2. The van der Waals surface area contributed by atoms with E-state index in [1.165, 1.54) is 11.9 Å². The highest BCUT2D eigenvalue weighted by Crippen LogP contribution is 2.12. The van der Waals surface area contributed by atoms with Crippen molar-refractivity contribution < 1.29 is 4.79 Å². The molecule has 0 bridgehead atoms. The Kier molecular flexibility index (Phi) is 3.05. The number of hydrogen-bond acceptors (Lipinski definition) is 4. The number of para-hydroxylation sites is 1. The molecule has 2 N–H and O–H groups in total. The fourth-order valence-corrected chi connectivity index (χ4v) is 1.42. The molecule has 0 aliphatic carbocycles. The second-order valence-electron chi connectivity index (χ2n) is 3.56. The minimum atomic E-state index is -0.813. The third-order valence-electron chi connectivity index (χ3n) is 2.36. The van der Waals surface area contributed by atoms with Gasteiger partial charge in [-0.25, -0.2) is 9.89 Å². The molecule has 0 aliphatic heterocycles. The zero-order valence-corrected chi connectivity index (χ0v) is 9.51. The number of benzene rings is 1. The summed E-state index contributed by atoms with van der Waals surface area (Å²) in [6.07, 6.45) is 0. The predicted molar refractivity (Wildman–Crippen MR) is 64.7 cm³/mol. The van der Waals surface area contributed by atoms with Gasteiger partial charge in [0.05, 0.1) is 0 Å². The van der Waals surface area contributed by atoms with Crippen molar-refractivity contribution in [3.8, 4) is 0 Å². The van der Waals surface area contributed by atoms with Crippen molar-refractivity contribution in [2.45, 2.75) is 0 Å². The Hall–Kier alpha value is -2.70. The van der Waals surface area contributed by atoms with Crippen molar-refractivity contribution in [2.75, 3.05) is 11.9 Å². The number of hydrogen-bond donors (Lipinski definition) is 2. The first kappa shape index (κ1) is 11.8. The Balaban J connectivity index is 2.38. The van der Waals surface area contributed by atoms with Crippen LogP contribution in [0.25, 0.3) is 0 Å². The maximum absolute atomic E-state index is 12.0. The van der Waals surface area contributed by atoms with Crippen LogP contribution in [0.4, 0.5) is 5.69 Å². The number of nitrogens with one attached hydrogen (secondary N) is 2. The van der Waals surface area contributed by atoms with Gasteiger partial charge in [-0.05, 0) is 12.1 Å². The van der Waals surface area contributed by atoms with E-state index in [1.807, 2.05) is 16.1 Å². The number of anilines is 1. The first-order valence-electron chi connectivity index (χ1n) is 5.11. The maximum atomic E-state index is 12.0. The SMILES string of the molecule is CN(C(=O)c1n[nH]c(=O)[nH]c1=O)c1ccccc1. The van der Waals surface area contributed by atoms with Gasteiger partial charge in [-0.15, -0.1) is 0 Å². The molecule has 0 saturated heterocycles. The molecule has 1 aromatic carbocycles. The lowest BCUT2D eigenvalue weighted by Gasteiger charge is -2.15. The summed E-state index contributed by atoms with van der Waals surface area (Å²) in [5.41, 5.74) is -1.30. The molecular formula is C11H10N4O3. The fourth-order valence-electron chi connectivity index (χ4n) is 1.42. The second-order valence-corrected chi connectivity index (χ2v) is 3.56. The molecule has 92 valence electrons. The Morgan fingerprint density at radius 2 is 1.89 bits per heavy atom. The molecule has 1 heterocycles. The standard InChI is InChI=1S/C11H10N4O3/c1-15(7-5-3-2-4-6-7)10(17)8-9(16)12-11(18)14-13-8/h2-6H,1H3,(H2,12,14,16,18). The largest absolute Gasteiger partial charge is 0.342 e. The average Bonchev–Trinajstić information content (AvgIpc) is 2.38. The normalized spacial score (nSPS) is 10.1. The summed E-state index contributed by atoms with van der Waals surface area (Å²) in [5, 5.41) is 5.47. The highest BCUT2D eigenvalue weighted by Gasteiger charge is 2.18. The van der Waals surface area contributed by atoms with Gasteiger partial charge in [0.25, 0.3) is 11.5 Å². The zero-order valence-electron chi connectivity index (χ0n) is 9.51. The molecule has 7 nitrogen and oxygen atoms in total. The van der Waals surface area contributed by atoms with E-state index >= 15 is 0 Å². The molecule has 0 saturated carbocycles. The molecule has 2 rings (SSSR count). The maximum Gasteiger partial charge on any atom is 0.342 e. The van der Waals surface area contributed by atoms with Gasteiger partial charge in [0.1, 0.15) is 0 Å². The molecule has 0 aliphatic rings. The topological polar surface area (TPSA) is 98.9 Å². The Morgan fingerprint density at radius 1 is 1.22 bits per heavy atom. The van der Waals surface area contributed by atoms with Gasteiger partial charge in [0.2, 0.25) is 5.69 Å². The van der Waals surface area contributed by atoms with Gasteiger partial charge in [-0.1, -0.05) is 18.2 Å². The summed E-state index contributed by atoms with van der Waals surface area (Å²) in [4.78, 5) is 37.5. The molecule has 0 fully saturated rings. The van der Waals surface area contributed by atoms with Crippen LogP contribution >= 0.6 is 0 Å². The molecule has 0 unspecified atom stereocenters. The van der Waals surface area contributed by atoms with Crippen molar-refractivity contribution in [3.05, 3.63) is 56.9 Å². The van der Waals surface area contributed by atoms with Crippen LogP contribution in [0.2, 0.25) is 0 Å². The molecule has 0 radical (unpaired) electrons. The number of aromatic nitrogens is 3. The lowest BCUT2D eigenvalue weighted by molar-refractivity contribution is 0.0985. The fraction of sp³-hybridized carbons (Fsp3) is 0.0909. The summed E-state index contributed by atoms with van der Waals surface area (Å²) < 4.78 is 0. The minimum absolute atomic E-state index is 0.360. The van der Waals surface area contributed by atoms with Gasteiger partial charge < -0.3 is 4.90 Å². The van der Waals surface area contributed by atoms with E-state index in [4.69, 9.17) is 0 Å². The lowest BCUT2D eigenvalue weighted by Crippen LogP contribution is -2.36. The molecule has 1 aromatic heterocycles. The van der Waals surface area contributed by atoms with Crippen LogP contribution in [0.3, 0.4) is 0 Å². The number of aromatic amines is 2. The van der Waals surface area contributed by atoms with E-state index in [9.17, 15) is 14.4 Å². The van der Waals surface area contributed by atoms with Gasteiger partial charge in [-0.2, -0.15) is 5.10 Å². The molecule has 2 aromatic rings. The zero-order chi connectivity index (χ0) is 13.1. The number of rotatable bonds is 2. The van der Waals surface area contributed by atoms with Crippen molar-refractivity contribution >= 4 is 11.6 Å². The number of carbonyl (C=O) groups excluding carboxylic acids is 1. The van der Waals surface area contributed by atoms with Crippen LogP contribution in [-0.2, 0) is 0 Å². The Bertz CT molecular complexity index is 674. The van der Waals surface area contributed by atoms with Crippen molar-refractivity contribution in [1.82, 2.24) is 15.2 Å². The number of H-pyrrole nitrogens is 2. The first-order valence-corrected chi connectivity index (χ1v) is 5.11. The number of amides is 1. The lowest BCUT2D eigenvalue weighted by atomic mass is 10.3. The molecular weight excluding hydrogens is 236 g/mol. The third-order valence-corrected chi connectivity index (χ3v) is 2.36. The van der Waals surface area contributed by atoms with Crippen LogP contribution in [0.1, 0.15) is 10.5 Å². The third kappa shape index (κ3) is 2.19. The average molecular weight is 246 g/mol. The molecule has 18 heavy (non-hydrogen) atoms. The smallest absolute Gasteiger partial charge is 0.310 e. The van der Waals surface area contributed by atoms with Gasteiger partial charge in [0, 0.05) is 12.7 Å². The number of carbonyl (C=O) groups is 1. The van der Waals surface area contributed by atoms with E-state index in [2.05, 4.69) is 5.10 Å². The van der Waals surface area contributed by atoms with Gasteiger partial charge in [0.15, 0.2) is 0 Å². The quantitative estimate of drug-likeness (QED) is 0.762. The first-order chi connectivity index (χ1) is 8.59. The molecule has 0 spiro atoms. The molecule has 7 heteroatoms. The minimum Gasteiger partial charge on any atom is -0.310 e. The van der Waals surface area contributed by atoms with Crippen molar-refractivity contribution in [1.29, 1.82) is 0 Å². The van der Waals surface area contributed by atoms with Crippen LogP contribution in [-0.4, -0.2) is 28.1 Å². The highest BCUT2D eigenvalue weighted by molar-refractivity contribution is 6.03. The monoisotopic (exact) mass is 246 g/mol. The number of nitrogens with zero attached hydrogens (tertiary/aromatic N) is 2. The predicted octanol–water partition coefficient (Wildman–Crippen LogP) is -0.265. The van der Waals surface area contributed by atoms with Crippen LogP contribution in [0.5, 0.6) is 0 Å². The van der Waals surface area contributed by atoms with Crippen LogP contribution in [0.15, 0.2) is 39.9 Å². The van der Waals surface area contributed by atoms with Crippen LogP contribution < -0.4 is 16.1 Å². The Labute approximate surface area is 101 Å². The summed E-state index contributed by atoms with van der Waals surface area (Å²) in [7, 11) is 1.52. The van der Waals surface area contributed by atoms with Crippen molar-refractivity contribution in [3.63, 3.8) is 0 Å². The Morgan fingerprint density at radius 3 is 2.50 bits per heavy atom. The van der Waals surface area contributed by atoms with Crippen molar-refractivity contribution in [2.24, 2.45) is 0 Å². The van der Waals surface area contributed by atoms with Crippen LogP contribution in [0, 0.1) is 0 Å². The molecule has 1 amide bonds. The molecule has 0 atom stereocenters. The van der Waals surface area contributed by atoms with E-state index in [1.54, 1.807) is 24.3 Å². The van der Waals surface area contributed by atoms with E-state index < -0.39 is 17.2 Å². The second kappa shape index (κ2) is 4.66. The van der Waals surface area contributed by atoms with Gasteiger partial charge in [-0.3, -0.25) is 14.6 Å². The van der Waals surface area contributed by atoms with Gasteiger partial charge >= 0.3 is 5.69 Å². The summed E-state index contributed by atoms with van der Waals surface area (Å²) in [6, 6.07) is 8.79. The summed E-state index contributed by atoms with van der Waals surface area (Å²) in [6.45, 7) is 0. The van der Waals surface area contributed by atoms with E-state index in [-0.39, 0.29) is 5.69 Å². The summed E-state index contributed by atoms with van der Waals surface area (Å²) in [5.74, 6) is -0.598. The summed E-state index contributed by atoms with van der Waals surface area (Å²) >= 11 is 0.